The largest absolute Gasteiger partial charge is 0.312 e. The van der Waals surface area contributed by atoms with Crippen LogP contribution in [0.3, 0.4) is 0 Å². The lowest BCUT2D eigenvalue weighted by Gasteiger charge is -2.31. The van der Waals surface area contributed by atoms with E-state index in [1.54, 1.807) is 6.20 Å². The molecule has 0 bridgehead atoms. The van der Waals surface area contributed by atoms with Gasteiger partial charge in [0.15, 0.2) is 0 Å². The number of hydrogen-bond donors (Lipinski definition) is 2. The number of aromatic nitrogens is 3. The molecule has 0 amide bonds. The second-order valence-electron chi connectivity index (χ2n) is 5.10. The lowest BCUT2D eigenvalue weighted by molar-refractivity contribution is 0.200. The molecule has 100 valence electrons. The summed E-state index contributed by atoms with van der Waals surface area (Å²) >= 11 is 0. The predicted octanol–water partition coefficient (Wildman–Crippen LogP) is 1.27. The van der Waals surface area contributed by atoms with Crippen molar-refractivity contribution in [1.82, 2.24) is 25.4 Å². The fourth-order valence-corrected chi connectivity index (χ4v) is 2.59. The maximum absolute atomic E-state index is 4.19. The van der Waals surface area contributed by atoms with Crippen molar-refractivity contribution in [3.63, 3.8) is 0 Å². The molecule has 1 atom stereocenters. The molecule has 1 aliphatic rings. The highest BCUT2D eigenvalue weighted by Gasteiger charge is 2.17. The summed E-state index contributed by atoms with van der Waals surface area (Å²) in [5.74, 6) is 0. The monoisotopic (exact) mass is 257 g/mol. The normalized spacial score (nSPS) is 20.6. The molecule has 3 rings (SSSR count). The van der Waals surface area contributed by atoms with Crippen LogP contribution in [0.15, 0.2) is 30.7 Å². The third kappa shape index (κ3) is 2.83. The van der Waals surface area contributed by atoms with Gasteiger partial charge in [0, 0.05) is 55.7 Å². The first-order chi connectivity index (χ1) is 9.33. The Hall–Kier alpha value is -1.72. The second kappa shape index (κ2) is 5.50. The number of nitrogens with zero attached hydrogens (tertiary/aromatic N) is 3. The quantitative estimate of drug-likeness (QED) is 0.869. The summed E-state index contributed by atoms with van der Waals surface area (Å²) in [6.07, 6.45) is 5.59. The van der Waals surface area contributed by atoms with Crippen LogP contribution in [0, 0.1) is 0 Å². The van der Waals surface area contributed by atoms with Crippen LogP contribution >= 0.6 is 0 Å². The van der Waals surface area contributed by atoms with E-state index in [-0.39, 0.29) is 0 Å². The number of pyridine rings is 1. The summed E-state index contributed by atoms with van der Waals surface area (Å²) in [6.45, 7) is 6.39. The van der Waals surface area contributed by atoms with Gasteiger partial charge in [-0.2, -0.15) is 5.10 Å². The molecule has 5 heteroatoms. The van der Waals surface area contributed by atoms with E-state index in [2.05, 4.69) is 38.4 Å². The zero-order valence-electron chi connectivity index (χ0n) is 11.1. The average molecular weight is 257 g/mol. The highest BCUT2D eigenvalue weighted by atomic mass is 15.2. The van der Waals surface area contributed by atoms with E-state index in [0.29, 0.717) is 6.04 Å². The van der Waals surface area contributed by atoms with Crippen molar-refractivity contribution in [3.05, 3.63) is 36.3 Å². The Labute approximate surface area is 113 Å². The summed E-state index contributed by atoms with van der Waals surface area (Å²) in [5, 5.41) is 10.7. The summed E-state index contributed by atoms with van der Waals surface area (Å²) in [6, 6.07) is 4.57. The number of hydrogen-bond acceptors (Lipinski definition) is 4. The van der Waals surface area contributed by atoms with E-state index in [4.69, 9.17) is 0 Å². The molecule has 0 aliphatic carbocycles. The van der Waals surface area contributed by atoms with E-state index in [1.165, 1.54) is 5.56 Å². The maximum Gasteiger partial charge on any atom is 0.0710 e. The van der Waals surface area contributed by atoms with Crippen LogP contribution in [0.1, 0.15) is 12.5 Å². The maximum atomic E-state index is 4.19. The molecule has 1 saturated heterocycles. The molecule has 19 heavy (non-hydrogen) atoms. The molecule has 0 saturated carbocycles. The van der Waals surface area contributed by atoms with Crippen LogP contribution < -0.4 is 5.32 Å². The molecule has 1 unspecified atom stereocenters. The molecule has 2 N–H and O–H groups in total. The van der Waals surface area contributed by atoms with Crippen molar-refractivity contribution in [2.45, 2.75) is 19.5 Å². The number of rotatable bonds is 3. The van der Waals surface area contributed by atoms with Gasteiger partial charge in [0.05, 0.1) is 11.9 Å². The van der Waals surface area contributed by atoms with Gasteiger partial charge in [-0.1, -0.05) is 0 Å². The first-order valence-corrected chi connectivity index (χ1v) is 6.71. The Morgan fingerprint density at radius 1 is 1.42 bits per heavy atom. The molecule has 2 aromatic rings. The second-order valence-corrected chi connectivity index (χ2v) is 5.10. The molecule has 0 spiro atoms. The van der Waals surface area contributed by atoms with Crippen LogP contribution in [0.4, 0.5) is 0 Å². The van der Waals surface area contributed by atoms with E-state index in [0.717, 1.165) is 37.4 Å². The SMILES string of the molecule is CC1CN(Cc2cn[nH]c2-c2cccnc2)CCN1. The van der Waals surface area contributed by atoms with Crippen LogP contribution in [-0.4, -0.2) is 45.8 Å². The van der Waals surface area contributed by atoms with Crippen molar-refractivity contribution in [2.24, 2.45) is 0 Å². The van der Waals surface area contributed by atoms with Crippen molar-refractivity contribution >= 4 is 0 Å². The third-order valence-electron chi connectivity index (χ3n) is 3.51. The van der Waals surface area contributed by atoms with E-state index < -0.39 is 0 Å². The number of H-pyrrole nitrogens is 1. The highest BCUT2D eigenvalue weighted by Crippen LogP contribution is 2.21. The predicted molar refractivity (Wildman–Crippen MR) is 74.6 cm³/mol. The fraction of sp³-hybridized carbons (Fsp3) is 0.429. The molecule has 3 heterocycles. The Morgan fingerprint density at radius 2 is 2.37 bits per heavy atom. The number of piperazine rings is 1. The molecule has 0 radical (unpaired) electrons. The van der Waals surface area contributed by atoms with Gasteiger partial charge in [-0.25, -0.2) is 0 Å². The number of aromatic amines is 1. The Morgan fingerprint density at radius 3 is 3.16 bits per heavy atom. The van der Waals surface area contributed by atoms with Gasteiger partial charge in [-0.3, -0.25) is 15.0 Å². The minimum atomic E-state index is 0.558. The van der Waals surface area contributed by atoms with Gasteiger partial charge < -0.3 is 5.32 Å². The minimum Gasteiger partial charge on any atom is -0.312 e. The molecule has 1 fully saturated rings. The zero-order valence-corrected chi connectivity index (χ0v) is 11.1. The molecule has 1 aliphatic heterocycles. The first-order valence-electron chi connectivity index (χ1n) is 6.71. The van der Waals surface area contributed by atoms with E-state index >= 15 is 0 Å². The average Bonchev–Trinajstić information content (AvgIpc) is 2.88. The third-order valence-corrected chi connectivity index (χ3v) is 3.51. The van der Waals surface area contributed by atoms with Crippen molar-refractivity contribution in [1.29, 1.82) is 0 Å². The first kappa shape index (κ1) is 12.3. The van der Waals surface area contributed by atoms with Crippen LogP contribution in [-0.2, 0) is 6.54 Å². The van der Waals surface area contributed by atoms with Crippen LogP contribution in [0.25, 0.3) is 11.3 Å². The van der Waals surface area contributed by atoms with Gasteiger partial charge >= 0.3 is 0 Å². The Kier molecular flexibility index (Phi) is 3.57. The van der Waals surface area contributed by atoms with Crippen LogP contribution in [0.5, 0.6) is 0 Å². The Bertz CT molecular complexity index is 522. The molecule has 5 nitrogen and oxygen atoms in total. The summed E-state index contributed by atoms with van der Waals surface area (Å²) in [4.78, 5) is 6.63. The highest BCUT2D eigenvalue weighted by molar-refractivity contribution is 5.61. The van der Waals surface area contributed by atoms with Gasteiger partial charge in [-0.05, 0) is 19.1 Å². The van der Waals surface area contributed by atoms with E-state index in [1.807, 2.05) is 18.5 Å². The summed E-state index contributed by atoms with van der Waals surface area (Å²) < 4.78 is 0. The molecular formula is C14H19N5. The minimum absolute atomic E-state index is 0.558. The lowest BCUT2D eigenvalue weighted by Crippen LogP contribution is -2.48. The van der Waals surface area contributed by atoms with Gasteiger partial charge in [-0.15, -0.1) is 0 Å². The van der Waals surface area contributed by atoms with Crippen molar-refractivity contribution < 1.29 is 0 Å². The smallest absolute Gasteiger partial charge is 0.0710 e. The standard InChI is InChI=1S/C14H19N5/c1-11-9-19(6-5-16-11)10-13-8-17-18-14(13)12-3-2-4-15-7-12/h2-4,7-8,11,16H,5-6,9-10H2,1H3,(H,17,18). The molecule has 2 aromatic heterocycles. The zero-order chi connectivity index (χ0) is 13.1. The van der Waals surface area contributed by atoms with E-state index in [9.17, 15) is 0 Å². The van der Waals surface area contributed by atoms with Crippen molar-refractivity contribution in [2.75, 3.05) is 19.6 Å². The van der Waals surface area contributed by atoms with Crippen LogP contribution in [0.2, 0.25) is 0 Å². The topological polar surface area (TPSA) is 56.8 Å². The summed E-state index contributed by atoms with van der Waals surface area (Å²) in [7, 11) is 0. The number of nitrogens with one attached hydrogen (secondary N) is 2. The summed E-state index contributed by atoms with van der Waals surface area (Å²) in [5.41, 5.74) is 3.42. The molecular weight excluding hydrogens is 238 g/mol. The van der Waals surface area contributed by atoms with Gasteiger partial charge in [0.2, 0.25) is 0 Å². The molecule has 0 aromatic carbocycles. The Balaban J connectivity index is 1.77. The van der Waals surface area contributed by atoms with Gasteiger partial charge in [0.1, 0.15) is 0 Å². The van der Waals surface area contributed by atoms with Crippen molar-refractivity contribution in [3.8, 4) is 11.3 Å². The fourth-order valence-electron chi connectivity index (χ4n) is 2.59. The lowest BCUT2D eigenvalue weighted by atomic mass is 10.1. The van der Waals surface area contributed by atoms with Gasteiger partial charge in [0.25, 0.3) is 0 Å².